The van der Waals surface area contributed by atoms with Crippen LogP contribution in [0.5, 0.6) is 5.75 Å². The van der Waals surface area contributed by atoms with Gasteiger partial charge in [0.15, 0.2) is 0 Å². The lowest BCUT2D eigenvalue weighted by Crippen LogP contribution is -2.29. The molecule has 5 nitrogen and oxygen atoms in total. The molecule has 174 valence electrons. The third-order valence-corrected chi connectivity index (χ3v) is 7.14. The molecule has 0 atom stereocenters. The highest BCUT2D eigenvalue weighted by Crippen LogP contribution is 2.49. The Balaban J connectivity index is 0.00000176. The highest BCUT2D eigenvalue weighted by Gasteiger charge is 2.53. The van der Waals surface area contributed by atoms with Gasteiger partial charge in [0, 0.05) is 6.07 Å². The Hall–Kier alpha value is -2.87. The van der Waals surface area contributed by atoms with E-state index in [1.165, 1.54) is 18.2 Å². The highest BCUT2D eigenvalue weighted by molar-refractivity contribution is 7.94. The van der Waals surface area contributed by atoms with Crippen LogP contribution in [-0.2, 0) is 10.0 Å². The van der Waals surface area contributed by atoms with E-state index in [-0.39, 0.29) is 29.4 Å². The largest absolute Gasteiger partial charge is 0.487 e. The number of ether oxygens (including phenoxy) is 1. The number of nitrogens with one attached hydrogen (secondary N) is 2. The summed E-state index contributed by atoms with van der Waals surface area (Å²) in [6.07, 6.45) is 4.30. The third-order valence-electron chi connectivity index (χ3n) is 4.95. The number of halogens is 2. The standard InChI is InChI=1S/C22H24F2N2O3S.C2H6/c1-4-8-22(9-10-22)30(27,28)26-21-19(13-16(23)14-20(21)29-11-5-2)25-18-7-6-15(3)12-17(18)24;1-2/h4-7,12-14,25-26H,1-2,8-11H2,3H3;1-2H3. The van der Waals surface area contributed by atoms with Gasteiger partial charge >= 0.3 is 0 Å². The van der Waals surface area contributed by atoms with Crippen molar-refractivity contribution >= 4 is 27.1 Å². The molecule has 0 bridgehead atoms. The highest BCUT2D eigenvalue weighted by atomic mass is 32.2. The summed E-state index contributed by atoms with van der Waals surface area (Å²) < 4.78 is 61.9. The maximum absolute atomic E-state index is 14.4. The molecular weight excluding hydrogens is 434 g/mol. The molecule has 2 aromatic rings. The maximum Gasteiger partial charge on any atom is 0.238 e. The first-order valence-corrected chi connectivity index (χ1v) is 11.9. The molecule has 0 radical (unpaired) electrons. The minimum absolute atomic E-state index is 0.00793. The zero-order valence-corrected chi connectivity index (χ0v) is 19.5. The molecule has 1 fully saturated rings. The Morgan fingerprint density at radius 2 is 1.78 bits per heavy atom. The number of sulfonamides is 1. The quantitative estimate of drug-likeness (QED) is 0.396. The van der Waals surface area contributed by atoms with Crippen molar-refractivity contribution in [3.63, 3.8) is 0 Å². The van der Waals surface area contributed by atoms with E-state index in [0.29, 0.717) is 24.8 Å². The average molecular weight is 465 g/mol. The average Bonchev–Trinajstić information content (AvgIpc) is 3.54. The minimum Gasteiger partial charge on any atom is -0.487 e. The number of allylic oxidation sites excluding steroid dienone is 1. The Kier molecular flexibility index (Phi) is 8.44. The van der Waals surface area contributed by atoms with Crippen molar-refractivity contribution < 1.29 is 21.9 Å². The van der Waals surface area contributed by atoms with Crippen molar-refractivity contribution in [2.75, 3.05) is 16.6 Å². The van der Waals surface area contributed by atoms with Crippen LogP contribution in [0.15, 0.2) is 55.6 Å². The van der Waals surface area contributed by atoms with Crippen LogP contribution >= 0.6 is 0 Å². The number of aryl methyl sites for hydroxylation is 1. The Labute approximate surface area is 189 Å². The van der Waals surface area contributed by atoms with E-state index < -0.39 is 26.4 Å². The smallest absolute Gasteiger partial charge is 0.238 e. The van der Waals surface area contributed by atoms with Gasteiger partial charge in [-0.2, -0.15) is 0 Å². The van der Waals surface area contributed by atoms with Crippen LogP contribution < -0.4 is 14.8 Å². The zero-order valence-electron chi connectivity index (χ0n) is 18.7. The van der Waals surface area contributed by atoms with E-state index in [9.17, 15) is 17.2 Å². The molecule has 0 aliphatic heterocycles. The molecule has 8 heteroatoms. The van der Waals surface area contributed by atoms with Gasteiger partial charge in [-0.15, -0.1) is 6.58 Å². The molecule has 0 aromatic heterocycles. The van der Waals surface area contributed by atoms with E-state index >= 15 is 0 Å². The van der Waals surface area contributed by atoms with Gasteiger partial charge in [-0.05, 0) is 49.9 Å². The van der Waals surface area contributed by atoms with Crippen molar-refractivity contribution in [2.24, 2.45) is 0 Å². The Morgan fingerprint density at radius 3 is 2.34 bits per heavy atom. The summed E-state index contributed by atoms with van der Waals surface area (Å²) in [5.41, 5.74) is 0.838. The van der Waals surface area contributed by atoms with Crippen LogP contribution in [0, 0.1) is 18.6 Å². The van der Waals surface area contributed by atoms with Gasteiger partial charge in [0.25, 0.3) is 0 Å². The lowest BCUT2D eigenvalue weighted by molar-refractivity contribution is 0.363. The number of rotatable bonds is 10. The molecule has 0 heterocycles. The molecule has 1 aliphatic rings. The van der Waals surface area contributed by atoms with Crippen LogP contribution in [0.3, 0.4) is 0 Å². The zero-order chi connectivity index (χ0) is 23.9. The molecule has 0 unspecified atom stereocenters. The second-order valence-electron chi connectivity index (χ2n) is 7.32. The first-order chi connectivity index (χ1) is 15.2. The summed E-state index contributed by atoms with van der Waals surface area (Å²) in [5, 5.41) is 2.78. The van der Waals surface area contributed by atoms with Crippen LogP contribution in [0.2, 0.25) is 0 Å². The first kappa shape index (κ1) is 25.4. The van der Waals surface area contributed by atoms with Crippen molar-refractivity contribution in [2.45, 2.75) is 44.8 Å². The SMILES string of the molecule is C=CCOc1cc(F)cc(Nc2ccc(C)cc2F)c1NS(=O)(=O)C1(CC=C)CC1.CC. The molecule has 1 aliphatic carbocycles. The summed E-state index contributed by atoms with van der Waals surface area (Å²) in [6.45, 7) is 13.0. The summed E-state index contributed by atoms with van der Waals surface area (Å²) >= 11 is 0. The number of hydrogen-bond donors (Lipinski definition) is 2. The second kappa shape index (κ2) is 10.6. The van der Waals surface area contributed by atoms with Crippen LogP contribution in [0.4, 0.5) is 25.8 Å². The molecule has 2 N–H and O–H groups in total. The summed E-state index contributed by atoms with van der Waals surface area (Å²) in [6, 6.07) is 6.67. The predicted molar refractivity (Wildman–Crippen MR) is 127 cm³/mol. The van der Waals surface area contributed by atoms with E-state index in [4.69, 9.17) is 4.74 Å². The van der Waals surface area contributed by atoms with Gasteiger partial charge in [0.2, 0.25) is 10.0 Å². The van der Waals surface area contributed by atoms with Gasteiger partial charge in [0.05, 0.1) is 16.1 Å². The van der Waals surface area contributed by atoms with E-state index in [2.05, 4.69) is 23.2 Å². The number of hydrogen-bond acceptors (Lipinski definition) is 4. The lowest BCUT2D eigenvalue weighted by Gasteiger charge is -2.21. The monoisotopic (exact) mass is 464 g/mol. The fourth-order valence-corrected chi connectivity index (χ4v) is 4.82. The van der Waals surface area contributed by atoms with Crippen molar-refractivity contribution in [1.82, 2.24) is 0 Å². The third kappa shape index (κ3) is 5.68. The van der Waals surface area contributed by atoms with E-state index in [0.717, 1.165) is 12.1 Å². The molecule has 2 aromatic carbocycles. The van der Waals surface area contributed by atoms with Gasteiger partial charge < -0.3 is 10.1 Å². The van der Waals surface area contributed by atoms with Crippen molar-refractivity contribution in [1.29, 1.82) is 0 Å². The molecular formula is C24H30F2N2O3S. The van der Waals surface area contributed by atoms with Gasteiger partial charge in [0.1, 0.15) is 29.7 Å². The molecule has 3 rings (SSSR count). The van der Waals surface area contributed by atoms with E-state index in [1.807, 2.05) is 13.8 Å². The fourth-order valence-electron chi connectivity index (χ4n) is 3.14. The van der Waals surface area contributed by atoms with E-state index in [1.54, 1.807) is 19.1 Å². The Morgan fingerprint density at radius 1 is 1.09 bits per heavy atom. The second-order valence-corrected chi connectivity index (χ2v) is 9.39. The molecule has 0 amide bonds. The van der Waals surface area contributed by atoms with Crippen molar-refractivity contribution in [3.05, 3.63) is 72.8 Å². The Bertz CT molecular complexity index is 1080. The number of benzene rings is 2. The normalized spacial score (nSPS) is 13.9. The first-order valence-electron chi connectivity index (χ1n) is 10.4. The van der Waals surface area contributed by atoms with Crippen LogP contribution in [0.25, 0.3) is 0 Å². The molecule has 0 saturated heterocycles. The fraction of sp³-hybridized carbons (Fsp3) is 0.333. The maximum atomic E-state index is 14.4. The summed E-state index contributed by atoms with van der Waals surface area (Å²) in [5.74, 6) is -1.24. The van der Waals surface area contributed by atoms with Crippen molar-refractivity contribution in [3.8, 4) is 5.75 Å². The van der Waals surface area contributed by atoms with Gasteiger partial charge in [-0.3, -0.25) is 4.72 Å². The topological polar surface area (TPSA) is 67.4 Å². The minimum atomic E-state index is -3.84. The summed E-state index contributed by atoms with van der Waals surface area (Å²) in [7, 11) is -3.84. The molecule has 32 heavy (non-hydrogen) atoms. The van der Waals surface area contributed by atoms with Crippen LogP contribution in [-0.4, -0.2) is 19.8 Å². The van der Waals surface area contributed by atoms with Gasteiger partial charge in [-0.1, -0.05) is 38.6 Å². The van der Waals surface area contributed by atoms with Crippen LogP contribution in [0.1, 0.15) is 38.7 Å². The molecule has 0 spiro atoms. The molecule has 1 saturated carbocycles. The summed E-state index contributed by atoms with van der Waals surface area (Å²) in [4.78, 5) is 0. The number of anilines is 3. The predicted octanol–water partition coefficient (Wildman–Crippen LogP) is 6.46. The lowest BCUT2D eigenvalue weighted by atomic mass is 10.2. The van der Waals surface area contributed by atoms with Gasteiger partial charge in [-0.25, -0.2) is 17.2 Å².